The van der Waals surface area contributed by atoms with E-state index >= 15 is 0 Å². The normalized spacial score (nSPS) is 18.2. The molecular formula is C22H28N4O3. The van der Waals surface area contributed by atoms with Crippen molar-refractivity contribution in [3.05, 3.63) is 47.2 Å². The van der Waals surface area contributed by atoms with E-state index in [1.807, 2.05) is 24.3 Å². The van der Waals surface area contributed by atoms with Crippen LogP contribution in [-0.4, -0.2) is 48.2 Å². The van der Waals surface area contributed by atoms with Crippen molar-refractivity contribution >= 4 is 17.4 Å². The van der Waals surface area contributed by atoms with Crippen LogP contribution in [0.1, 0.15) is 48.3 Å². The van der Waals surface area contributed by atoms with Crippen molar-refractivity contribution < 1.29 is 14.3 Å². The first kappa shape index (κ1) is 19.8. The number of carbonyl (C=O) groups is 1. The molecule has 2 aliphatic heterocycles. The SMILES string of the molecule is CCc1cccc(CC)c1NC(=O)c1ccc(N2CCC3(CC2)OCCO3)nn1. The van der Waals surface area contributed by atoms with Gasteiger partial charge in [0.1, 0.15) is 0 Å². The number of aryl methyl sites for hydroxylation is 2. The molecule has 1 aromatic carbocycles. The smallest absolute Gasteiger partial charge is 0.276 e. The van der Waals surface area contributed by atoms with Crippen LogP contribution >= 0.6 is 0 Å². The Balaban J connectivity index is 1.43. The van der Waals surface area contributed by atoms with Crippen LogP contribution in [-0.2, 0) is 22.3 Å². The second kappa shape index (κ2) is 8.47. The Hall–Kier alpha value is -2.51. The molecule has 1 N–H and O–H groups in total. The lowest BCUT2D eigenvalue weighted by Crippen LogP contribution is -2.45. The summed E-state index contributed by atoms with van der Waals surface area (Å²) in [5, 5.41) is 11.5. The lowest BCUT2D eigenvalue weighted by molar-refractivity contribution is -0.169. The maximum Gasteiger partial charge on any atom is 0.276 e. The van der Waals surface area contributed by atoms with E-state index in [4.69, 9.17) is 9.47 Å². The zero-order chi connectivity index (χ0) is 20.3. The van der Waals surface area contributed by atoms with Crippen LogP contribution in [0.4, 0.5) is 11.5 Å². The van der Waals surface area contributed by atoms with E-state index in [-0.39, 0.29) is 5.91 Å². The number of ether oxygens (including phenoxy) is 2. The third-order valence-electron chi connectivity index (χ3n) is 5.78. The third-order valence-corrected chi connectivity index (χ3v) is 5.78. The van der Waals surface area contributed by atoms with Gasteiger partial charge in [0.25, 0.3) is 5.91 Å². The number of amides is 1. The summed E-state index contributed by atoms with van der Waals surface area (Å²) in [6.07, 6.45) is 3.34. The summed E-state index contributed by atoms with van der Waals surface area (Å²) in [6.45, 7) is 7.11. The third kappa shape index (κ3) is 4.11. The molecule has 1 aromatic heterocycles. The van der Waals surface area contributed by atoms with Gasteiger partial charge in [-0.05, 0) is 36.1 Å². The number of para-hydroxylation sites is 1. The molecular weight excluding hydrogens is 368 g/mol. The molecule has 2 saturated heterocycles. The van der Waals surface area contributed by atoms with E-state index in [0.717, 1.165) is 61.4 Å². The molecule has 154 valence electrons. The van der Waals surface area contributed by atoms with Crippen LogP contribution in [0.2, 0.25) is 0 Å². The minimum atomic E-state index is -0.409. The number of benzene rings is 1. The number of nitrogens with one attached hydrogen (secondary N) is 1. The number of aromatic nitrogens is 2. The minimum Gasteiger partial charge on any atom is -0.355 e. The molecule has 29 heavy (non-hydrogen) atoms. The number of piperidine rings is 1. The number of anilines is 2. The molecule has 2 fully saturated rings. The summed E-state index contributed by atoms with van der Waals surface area (Å²) < 4.78 is 11.5. The van der Waals surface area contributed by atoms with Gasteiger partial charge in [0.15, 0.2) is 17.3 Å². The molecule has 1 amide bonds. The summed E-state index contributed by atoms with van der Waals surface area (Å²) in [7, 11) is 0. The van der Waals surface area contributed by atoms with Crippen LogP contribution in [0, 0.1) is 0 Å². The van der Waals surface area contributed by atoms with Gasteiger partial charge in [-0.3, -0.25) is 4.79 Å². The van der Waals surface area contributed by atoms with E-state index < -0.39 is 5.79 Å². The maximum atomic E-state index is 12.7. The van der Waals surface area contributed by atoms with Gasteiger partial charge >= 0.3 is 0 Å². The summed E-state index contributed by atoms with van der Waals surface area (Å²) in [4.78, 5) is 14.9. The minimum absolute atomic E-state index is 0.231. The summed E-state index contributed by atoms with van der Waals surface area (Å²) in [5.41, 5.74) is 3.46. The first-order chi connectivity index (χ1) is 14.1. The van der Waals surface area contributed by atoms with Gasteiger partial charge in [-0.15, -0.1) is 10.2 Å². The van der Waals surface area contributed by atoms with Crippen molar-refractivity contribution in [1.29, 1.82) is 0 Å². The Morgan fingerprint density at radius 1 is 1.03 bits per heavy atom. The molecule has 0 aliphatic carbocycles. The van der Waals surface area contributed by atoms with Crippen molar-refractivity contribution in [2.75, 3.05) is 36.5 Å². The summed E-state index contributed by atoms with van der Waals surface area (Å²) in [5.74, 6) is 0.135. The van der Waals surface area contributed by atoms with E-state index in [2.05, 4.69) is 34.3 Å². The highest BCUT2D eigenvalue weighted by Gasteiger charge is 2.40. The predicted molar refractivity (Wildman–Crippen MR) is 111 cm³/mol. The zero-order valence-electron chi connectivity index (χ0n) is 17.1. The Kier molecular flexibility index (Phi) is 5.78. The largest absolute Gasteiger partial charge is 0.355 e. The molecule has 0 saturated carbocycles. The number of rotatable bonds is 5. The molecule has 0 atom stereocenters. The van der Waals surface area contributed by atoms with Crippen molar-refractivity contribution in [2.24, 2.45) is 0 Å². The van der Waals surface area contributed by atoms with Crippen LogP contribution in [0.25, 0.3) is 0 Å². The van der Waals surface area contributed by atoms with Gasteiger partial charge in [0, 0.05) is 31.6 Å². The van der Waals surface area contributed by atoms with Gasteiger partial charge in [-0.2, -0.15) is 0 Å². The molecule has 4 rings (SSSR count). The molecule has 2 aromatic rings. The first-order valence-electron chi connectivity index (χ1n) is 10.4. The van der Waals surface area contributed by atoms with Crippen molar-refractivity contribution in [1.82, 2.24) is 10.2 Å². The van der Waals surface area contributed by atoms with Crippen LogP contribution in [0.15, 0.2) is 30.3 Å². The van der Waals surface area contributed by atoms with Gasteiger partial charge in [-0.25, -0.2) is 0 Å². The van der Waals surface area contributed by atoms with Gasteiger partial charge in [-0.1, -0.05) is 32.0 Å². The Labute approximate surface area is 171 Å². The Morgan fingerprint density at radius 3 is 2.24 bits per heavy atom. The fourth-order valence-electron chi connectivity index (χ4n) is 4.06. The molecule has 7 heteroatoms. The highest BCUT2D eigenvalue weighted by atomic mass is 16.7. The zero-order valence-corrected chi connectivity index (χ0v) is 17.1. The van der Waals surface area contributed by atoms with E-state index in [0.29, 0.717) is 18.9 Å². The lowest BCUT2D eigenvalue weighted by Gasteiger charge is -2.37. The fourth-order valence-corrected chi connectivity index (χ4v) is 4.06. The summed E-state index contributed by atoms with van der Waals surface area (Å²) >= 11 is 0. The number of carbonyl (C=O) groups excluding carboxylic acids is 1. The standard InChI is InChI=1S/C22H28N4O3/c1-3-16-6-5-7-17(4-2)20(16)23-21(27)18-8-9-19(25-24-18)26-12-10-22(11-13-26)28-14-15-29-22/h5-9H,3-4,10-15H2,1-2H3,(H,23,27). The average Bonchev–Trinajstić information content (AvgIpc) is 3.22. The highest BCUT2D eigenvalue weighted by molar-refractivity contribution is 6.03. The predicted octanol–water partition coefficient (Wildman–Crippen LogP) is 3.20. The molecule has 7 nitrogen and oxygen atoms in total. The van der Waals surface area contributed by atoms with Crippen LogP contribution in [0.3, 0.4) is 0 Å². The van der Waals surface area contributed by atoms with Crippen molar-refractivity contribution in [3.63, 3.8) is 0 Å². The topological polar surface area (TPSA) is 76.6 Å². The quantitative estimate of drug-likeness (QED) is 0.836. The highest BCUT2D eigenvalue weighted by Crippen LogP contribution is 2.32. The van der Waals surface area contributed by atoms with E-state index in [1.165, 1.54) is 0 Å². The van der Waals surface area contributed by atoms with Crippen LogP contribution < -0.4 is 10.2 Å². The second-order valence-electron chi connectivity index (χ2n) is 7.48. The van der Waals surface area contributed by atoms with Gasteiger partial charge < -0.3 is 19.7 Å². The lowest BCUT2D eigenvalue weighted by atomic mass is 10.0. The number of hydrogen-bond donors (Lipinski definition) is 1. The molecule has 0 unspecified atom stereocenters. The van der Waals surface area contributed by atoms with Gasteiger partial charge in [0.2, 0.25) is 0 Å². The summed E-state index contributed by atoms with van der Waals surface area (Å²) in [6, 6.07) is 9.73. The van der Waals surface area contributed by atoms with Crippen molar-refractivity contribution in [2.45, 2.75) is 45.3 Å². The maximum absolute atomic E-state index is 12.7. The molecule has 3 heterocycles. The monoisotopic (exact) mass is 396 g/mol. The van der Waals surface area contributed by atoms with Gasteiger partial charge in [0.05, 0.1) is 13.2 Å². The average molecular weight is 396 g/mol. The van der Waals surface area contributed by atoms with E-state index in [9.17, 15) is 4.79 Å². The Morgan fingerprint density at radius 2 is 1.69 bits per heavy atom. The van der Waals surface area contributed by atoms with Crippen molar-refractivity contribution in [3.8, 4) is 0 Å². The second-order valence-corrected chi connectivity index (χ2v) is 7.48. The molecule has 1 spiro atoms. The fraction of sp³-hybridized carbons (Fsp3) is 0.500. The number of hydrogen-bond acceptors (Lipinski definition) is 6. The van der Waals surface area contributed by atoms with Crippen LogP contribution in [0.5, 0.6) is 0 Å². The molecule has 2 aliphatic rings. The molecule has 0 bridgehead atoms. The number of nitrogens with zero attached hydrogens (tertiary/aromatic N) is 3. The molecule has 0 radical (unpaired) electrons. The van der Waals surface area contributed by atoms with E-state index in [1.54, 1.807) is 6.07 Å². The Bertz CT molecular complexity index is 831. The first-order valence-corrected chi connectivity index (χ1v) is 10.4.